The molecule has 0 aromatic heterocycles. The Hall–Kier alpha value is -5.77. The van der Waals surface area contributed by atoms with Crippen molar-refractivity contribution in [2.24, 2.45) is 5.73 Å². The third-order valence-electron chi connectivity index (χ3n) is 6.06. The lowest BCUT2D eigenvalue weighted by molar-refractivity contribution is -0.143. The number of aromatic carboxylic acids is 1. The summed E-state index contributed by atoms with van der Waals surface area (Å²) in [5.41, 5.74) is 7.85. The summed E-state index contributed by atoms with van der Waals surface area (Å²) in [6.45, 7) is -0.337. The third-order valence-corrected chi connectivity index (χ3v) is 6.06. The Balaban J connectivity index is 1.49. The molecule has 10 heteroatoms. The van der Waals surface area contributed by atoms with E-state index in [1.54, 1.807) is 60.7 Å². The third kappa shape index (κ3) is 7.21. The van der Waals surface area contributed by atoms with Gasteiger partial charge in [-0.15, -0.1) is 0 Å². The van der Waals surface area contributed by atoms with E-state index in [-0.39, 0.29) is 34.7 Å². The summed E-state index contributed by atoms with van der Waals surface area (Å²) in [5, 5.41) is 22.6. The van der Waals surface area contributed by atoms with Gasteiger partial charge < -0.3 is 26.2 Å². The van der Waals surface area contributed by atoms with Crippen LogP contribution in [0.3, 0.4) is 0 Å². The average Bonchev–Trinajstić information content (AvgIpc) is 2.99. The maximum absolute atomic E-state index is 13.1. The van der Waals surface area contributed by atoms with Crippen molar-refractivity contribution in [3.8, 4) is 11.1 Å². The Morgan fingerprint density at radius 3 is 2.07 bits per heavy atom. The number of carbonyl (C=O) groups excluding carboxylic acids is 3. The Bertz CT molecular complexity index is 1620. The highest BCUT2D eigenvalue weighted by atomic mass is 16.5. The van der Waals surface area contributed by atoms with E-state index in [0.717, 1.165) is 5.56 Å². The zero-order valence-electron chi connectivity index (χ0n) is 21.7. The van der Waals surface area contributed by atoms with Gasteiger partial charge in [0.2, 0.25) is 0 Å². The number of nitrogen functional groups attached to an aromatic ring is 1. The van der Waals surface area contributed by atoms with Crippen molar-refractivity contribution in [3.63, 3.8) is 0 Å². The molecule has 206 valence electrons. The van der Waals surface area contributed by atoms with Crippen LogP contribution >= 0.6 is 0 Å². The van der Waals surface area contributed by atoms with Crippen molar-refractivity contribution in [2.45, 2.75) is 6.61 Å². The Labute approximate surface area is 235 Å². The van der Waals surface area contributed by atoms with Crippen molar-refractivity contribution in [3.05, 3.63) is 125 Å². The van der Waals surface area contributed by atoms with Gasteiger partial charge in [-0.25, -0.2) is 4.79 Å². The second kappa shape index (κ2) is 12.9. The minimum atomic E-state index is -1.30. The molecular formula is C31H26N4O6. The predicted octanol–water partition coefficient (Wildman–Crippen LogP) is 4.06. The minimum absolute atomic E-state index is 0.0227. The van der Waals surface area contributed by atoms with Gasteiger partial charge >= 0.3 is 11.9 Å². The fourth-order valence-electron chi connectivity index (χ4n) is 3.99. The molecule has 0 unspecified atom stereocenters. The number of carbonyl (C=O) groups is 4. The van der Waals surface area contributed by atoms with Gasteiger partial charge in [0.15, 0.2) is 0 Å². The topological polar surface area (TPSA) is 172 Å². The molecule has 2 amide bonds. The van der Waals surface area contributed by atoms with Crippen LogP contribution in [-0.2, 0) is 16.1 Å². The van der Waals surface area contributed by atoms with Crippen LogP contribution in [0.2, 0.25) is 0 Å². The summed E-state index contributed by atoms with van der Waals surface area (Å²) in [4.78, 5) is 50.1. The molecule has 4 rings (SSSR count). The average molecular weight is 551 g/mol. The number of amides is 2. The minimum Gasteiger partial charge on any atom is -0.478 e. The first kappa shape index (κ1) is 28.2. The smallest absolute Gasteiger partial charge is 0.336 e. The molecule has 0 heterocycles. The maximum atomic E-state index is 13.1. The van der Waals surface area contributed by atoms with Gasteiger partial charge in [-0.2, -0.15) is 0 Å². The van der Waals surface area contributed by atoms with Gasteiger partial charge in [-0.3, -0.25) is 19.8 Å². The Morgan fingerprint density at radius 2 is 1.39 bits per heavy atom. The van der Waals surface area contributed by atoms with Gasteiger partial charge in [-0.1, -0.05) is 54.6 Å². The first-order valence-electron chi connectivity index (χ1n) is 12.4. The quantitative estimate of drug-likeness (QED) is 0.112. The van der Waals surface area contributed by atoms with E-state index >= 15 is 0 Å². The zero-order valence-corrected chi connectivity index (χ0v) is 21.7. The number of hydrogen-bond acceptors (Lipinski definition) is 6. The first-order chi connectivity index (χ1) is 19.7. The molecule has 0 fully saturated rings. The van der Waals surface area contributed by atoms with Crippen LogP contribution < -0.4 is 16.4 Å². The van der Waals surface area contributed by atoms with Gasteiger partial charge in [0.1, 0.15) is 19.0 Å². The number of benzene rings is 4. The Morgan fingerprint density at radius 1 is 0.756 bits per heavy atom. The Kier molecular flexibility index (Phi) is 8.85. The number of carboxylic acid groups (broad SMARTS) is 1. The summed E-state index contributed by atoms with van der Waals surface area (Å²) < 4.78 is 5.15. The van der Waals surface area contributed by atoms with E-state index in [2.05, 4.69) is 10.6 Å². The lowest BCUT2D eigenvalue weighted by Crippen LogP contribution is -2.30. The van der Waals surface area contributed by atoms with Crippen molar-refractivity contribution in [1.29, 1.82) is 5.41 Å². The van der Waals surface area contributed by atoms with Crippen LogP contribution in [0, 0.1) is 5.41 Å². The van der Waals surface area contributed by atoms with Crippen molar-refractivity contribution in [2.75, 3.05) is 11.9 Å². The highest BCUT2D eigenvalue weighted by Crippen LogP contribution is 2.29. The van der Waals surface area contributed by atoms with Crippen molar-refractivity contribution < 1.29 is 29.0 Å². The number of anilines is 1. The molecular weight excluding hydrogens is 524 g/mol. The highest BCUT2D eigenvalue weighted by molar-refractivity contribution is 6.11. The molecule has 0 saturated carbocycles. The number of nitrogens with two attached hydrogens (primary N) is 1. The molecule has 0 saturated heterocycles. The van der Waals surface area contributed by atoms with Gasteiger partial charge in [0.05, 0.1) is 5.56 Å². The van der Waals surface area contributed by atoms with E-state index in [0.29, 0.717) is 16.8 Å². The molecule has 41 heavy (non-hydrogen) atoms. The number of hydrogen-bond donors (Lipinski definition) is 5. The first-order valence-corrected chi connectivity index (χ1v) is 12.4. The van der Waals surface area contributed by atoms with Crippen LogP contribution in [0.1, 0.15) is 42.2 Å². The lowest BCUT2D eigenvalue weighted by Gasteiger charge is -2.14. The van der Waals surface area contributed by atoms with Crippen LogP contribution in [0.15, 0.2) is 97.1 Å². The van der Waals surface area contributed by atoms with Crippen LogP contribution in [0.25, 0.3) is 11.1 Å². The largest absolute Gasteiger partial charge is 0.478 e. The second-order valence-electron chi connectivity index (χ2n) is 8.89. The summed E-state index contributed by atoms with van der Waals surface area (Å²) in [7, 11) is 0. The molecule has 4 aromatic rings. The molecule has 0 atom stereocenters. The number of esters is 1. The van der Waals surface area contributed by atoms with E-state index in [1.165, 1.54) is 18.2 Å². The molecule has 4 aromatic carbocycles. The van der Waals surface area contributed by atoms with E-state index in [1.807, 2.05) is 18.2 Å². The highest BCUT2D eigenvalue weighted by Gasteiger charge is 2.20. The van der Waals surface area contributed by atoms with E-state index < -0.39 is 30.3 Å². The summed E-state index contributed by atoms with van der Waals surface area (Å²) in [6.07, 6.45) is 0. The van der Waals surface area contributed by atoms with Crippen LogP contribution in [0.5, 0.6) is 0 Å². The zero-order chi connectivity index (χ0) is 29.4. The summed E-state index contributed by atoms with van der Waals surface area (Å²) in [5.74, 6) is -3.19. The molecule has 0 radical (unpaired) electrons. The van der Waals surface area contributed by atoms with Gasteiger partial charge in [-0.05, 0) is 59.2 Å². The predicted molar refractivity (Wildman–Crippen MR) is 153 cm³/mol. The van der Waals surface area contributed by atoms with E-state index in [9.17, 15) is 24.3 Å². The summed E-state index contributed by atoms with van der Waals surface area (Å²) >= 11 is 0. The molecule has 0 aliphatic carbocycles. The molecule has 6 N–H and O–H groups in total. The summed E-state index contributed by atoms with van der Waals surface area (Å²) in [6, 6.07) is 26.0. The molecule has 0 bridgehead atoms. The van der Waals surface area contributed by atoms with Crippen molar-refractivity contribution in [1.82, 2.24) is 5.32 Å². The van der Waals surface area contributed by atoms with Gasteiger partial charge in [0, 0.05) is 22.4 Å². The SMILES string of the molecule is N=C(N)c1ccc(NC(=O)c2ccccc2-c2ccc(C(=O)NCC(=O)OCc3ccccc3)cc2C(=O)O)cc1. The maximum Gasteiger partial charge on any atom is 0.336 e. The molecule has 0 spiro atoms. The standard InChI is InChI=1S/C31H26N4O6/c32-28(33)20-10-13-22(14-11-20)35-30(38)25-9-5-4-8-23(25)24-15-12-21(16-26(24)31(39)40)29(37)34-17-27(36)41-18-19-6-2-1-3-7-19/h1-16H,17-18H2,(H3,32,33)(H,34,37)(H,35,38)(H,39,40). The molecule has 0 aliphatic rings. The number of nitrogens with one attached hydrogen (secondary N) is 3. The lowest BCUT2D eigenvalue weighted by atomic mass is 9.93. The van der Waals surface area contributed by atoms with Crippen LogP contribution in [0.4, 0.5) is 5.69 Å². The number of ether oxygens (including phenoxy) is 1. The molecule has 0 aliphatic heterocycles. The monoisotopic (exact) mass is 550 g/mol. The number of rotatable bonds is 10. The molecule has 10 nitrogen and oxygen atoms in total. The second-order valence-corrected chi connectivity index (χ2v) is 8.89. The van der Waals surface area contributed by atoms with E-state index in [4.69, 9.17) is 15.9 Å². The number of carboxylic acids is 1. The fraction of sp³-hybridized carbons (Fsp3) is 0.0645. The van der Waals surface area contributed by atoms with Crippen LogP contribution in [-0.4, -0.2) is 41.2 Å². The van der Waals surface area contributed by atoms with Gasteiger partial charge in [0.25, 0.3) is 11.8 Å². The van der Waals surface area contributed by atoms with Crippen molar-refractivity contribution >= 4 is 35.3 Å². The normalized spacial score (nSPS) is 10.3. The fourth-order valence-corrected chi connectivity index (χ4v) is 3.99. The number of amidine groups is 1.